The number of nitrogens with one attached hydrogen (secondary N) is 1. The second-order valence-electron chi connectivity index (χ2n) is 7.50. The first-order chi connectivity index (χ1) is 14.8. The van der Waals surface area contributed by atoms with Gasteiger partial charge in [0.25, 0.3) is 5.91 Å². The SMILES string of the molecule is CC(=O)N1c2ccc(-c3nc(NC(=O)COc4ccc(Cl)cc4)sc3C)cc2C[C@H]1C. The number of hydrogen-bond donors (Lipinski definition) is 1. The Balaban J connectivity index is 1.45. The Labute approximate surface area is 189 Å². The van der Waals surface area contributed by atoms with Crippen molar-refractivity contribution in [3.63, 3.8) is 0 Å². The van der Waals surface area contributed by atoms with Crippen molar-refractivity contribution in [1.82, 2.24) is 4.98 Å². The number of amides is 2. The van der Waals surface area contributed by atoms with Crippen LogP contribution in [0.2, 0.25) is 5.02 Å². The Morgan fingerprint density at radius 3 is 2.71 bits per heavy atom. The third kappa shape index (κ3) is 4.57. The molecule has 0 bridgehead atoms. The van der Waals surface area contributed by atoms with Gasteiger partial charge in [0, 0.05) is 34.1 Å². The molecule has 1 aromatic heterocycles. The normalized spacial score (nSPS) is 15.0. The van der Waals surface area contributed by atoms with Crippen molar-refractivity contribution in [2.45, 2.75) is 33.2 Å². The molecule has 0 aliphatic carbocycles. The van der Waals surface area contributed by atoms with Gasteiger partial charge >= 0.3 is 0 Å². The number of benzene rings is 2. The second kappa shape index (κ2) is 8.69. The quantitative estimate of drug-likeness (QED) is 0.581. The van der Waals surface area contributed by atoms with E-state index in [1.807, 2.05) is 24.0 Å². The van der Waals surface area contributed by atoms with Crippen LogP contribution in [0, 0.1) is 6.92 Å². The van der Waals surface area contributed by atoms with E-state index in [0.717, 1.165) is 33.8 Å². The fraction of sp³-hybridized carbons (Fsp3) is 0.261. The Morgan fingerprint density at radius 1 is 1.26 bits per heavy atom. The van der Waals surface area contributed by atoms with Gasteiger partial charge in [0.05, 0.1) is 5.69 Å². The molecule has 0 radical (unpaired) electrons. The maximum absolute atomic E-state index is 12.3. The number of hydrogen-bond acceptors (Lipinski definition) is 5. The highest BCUT2D eigenvalue weighted by Gasteiger charge is 2.29. The highest BCUT2D eigenvalue weighted by Crippen LogP contribution is 2.37. The monoisotopic (exact) mass is 455 g/mol. The van der Waals surface area contributed by atoms with Gasteiger partial charge in [-0.25, -0.2) is 4.98 Å². The minimum atomic E-state index is -0.282. The lowest BCUT2D eigenvalue weighted by Gasteiger charge is -2.20. The van der Waals surface area contributed by atoms with E-state index in [4.69, 9.17) is 16.3 Å². The predicted octanol–water partition coefficient (Wildman–Crippen LogP) is 5.09. The average Bonchev–Trinajstić information content (AvgIpc) is 3.25. The minimum absolute atomic E-state index is 0.0506. The molecule has 0 fully saturated rings. The van der Waals surface area contributed by atoms with Crippen LogP contribution in [-0.4, -0.2) is 29.4 Å². The van der Waals surface area contributed by atoms with Gasteiger partial charge in [0.2, 0.25) is 5.91 Å². The summed E-state index contributed by atoms with van der Waals surface area (Å²) < 4.78 is 5.48. The number of carbonyl (C=O) groups excluding carboxylic acids is 2. The minimum Gasteiger partial charge on any atom is -0.484 e. The van der Waals surface area contributed by atoms with Crippen molar-refractivity contribution in [3.05, 3.63) is 57.9 Å². The summed E-state index contributed by atoms with van der Waals surface area (Å²) in [6.45, 7) is 5.50. The lowest BCUT2D eigenvalue weighted by atomic mass is 10.0. The first-order valence-corrected chi connectivity index (χ1v) is 11.1. The third-order valence-electron chi connectivity index (χ3n) is 5.13. The summed E-state index contributed by atoms with van der Waals surface area (Å²) in [5.41, 5.74) is 3.90. The van der Waals surface area contributed by atoms with Crippen molar-refractivity contribution < 1.29 is 14.3 Å². The number of ether oxygens (including phenoxy) is 1. The molecule has 2 heterocycles. The van der Waals surface area contributed by atoms with Crippen molar-refractivity contribution >= 4 is 45.6 Å². The van der Waals surface area contributed by atoms with Crippen molar-refractivity contribution in [1.29, 1.82) is 0 Å². The van der Waals surface area contributed by atoms with Gasteiger partial charge in [-0.15, -0.1) is 11.3 Å². The lowest BCUT2D eigenvalue weighted by molar-refractivity contribution is -0.118. The number of carbonyl (C=O) groups is 2. The number of thiazole rings is 1. The smallest absolute Gasteiger partial charge is 0.264 e. The van der Waals surface area contributed by atoms with Gasteiger partial charge in [-0.1, -0.05) is 17.7 Å². The number of aromatic nitrogens is 1. The molecule has 0 saturated carbocycles. The van der Waals surface area contributed by atoms with Crippen LogP contribution >= 0.6 is 22.9 Å². The zero-order valence-corrected chi connectivity index (χ0v) is 19.0. The van der Waals surface area contributed by atoms with Gasteiger partial charge in [0.15, 0.2) is 11.7 Å². The first-order valence-electron chi connectivity index (χ1n) is 9.90. The summed E-state index contributed by atoms with van der Waals surface area (Å²) in [6.07, 6.45) is 0.817. The molecule has 1 aliphatic rings. The molecule has 8 heteroatoms. The van der Waals surface area contributed by atoms with Gasteiger partial charge in [-0.3, -0.25) is 14.9 Å². The largest absolute Gasteiger partial charge is 0.484 e. The summed E-state index contributed by atoms with van der Waals surface area (Å²) in [4.78, 5) is 31.7. The molecule has 0 saturated heterocycles. The standard InChI is InChI=1S/C23H22ClN3O3S/c1-13-10-17-11-16(4-9-20(17)27(13)15(3)28)22-14(2)31-23(26-22)25-21(29)12-30-19-7-5-18(24)6-8-19/h4-9,11,13H,10,12H2,1-3H3,(H,25,26,29)/t13-/m1/s1. The van der Waals surface area contributed by atoms with E-state index < -0.39 is 0 Å². The Hall–Kier alpha value is -2.90. The van der Waals surface area contributed by atoms with E-state index in [1.54, 1.807) is 31.2 Å². The van der Waals surface area contributed by atoms with Crippen LogP contribution in [0.3, 0.4) is 0 Å². The van der Waals surface area contributed by atoms with Crippen molar-refractivity contribution in [3.8, 4) is 17.0 Å². The molecule has 31 heavy (non-hydrogen) atoms. The molecule has 1 atom stereocenters. The molecular formula is C23H22ClN3O3S. The topological polar surface area (TPSA) is 71.5 Å². The number of aryl methyl sites for hydroxylation is 1. The van der Waals surface area contributed by atoms with Crippen LogP contribution in [0.5, 0.6) is 5.75 Å². The van der Waals surface area contributed by atoms with Crippen molar-refractivity contribution in [2.24, 2.45) is 0 Å². The number of rotatable bonds is 5. The van der Waals surface area contributed by atoms with E-state index in [2.05, 4.69) is 23.3 Å². The Morgan fingerprint density at radius 2 is 2.00 bits per heavy atom. The summed E-state index contributed by atoms with van der Waals surface area (Å²) in [6, 6.07) is 13.0. The Kier molecular flexibility index (Phi) is 5.98. The predicted molar refractivity (Wildman–Crippen MR) is 124 cm³/mol. The zero-order valence-electron chi connectivity index (χ0n) is 17.4. The Bertz CT molecular complexity index is 1140. The molecule has 0 spiro atoms. The van der Waals surface area contributed by atoms with Crippen molar-refractivity contribution in [2.75, 3.05) is 16.8 Å². The van der Waals surface area contributed by atoms with Gasteiger partial charge < -0.3 is 9.64 Å². The highest BCUT2D eigenvalue weighted by molar-refractivity contribution is 7.16. The van der Waals surface area contributed by atoms with Gasteiger partial charge in [-0.05, 0) is 62.2 Å². The molecular weight excluding hydrogens is 434 g/mol. The van der Waals surface area contributed by atoms with Crippen LogP contribution in [0.15, 0.2) is 42.5 Å². The molecule has 2 amide bonds. The molecule has 2 aromatic carbocycles. The maximum Gasteiger partial charge on any atom is 0.264 e. The number of nitrogens with zero attached hydrogens (tertiary/aromatic N) is 2. The van der Waals surface area contributed by atoms with Gasteiger partial charge in [0.1, 0.15) is 5.75 Å². The third-order valence-corrected chi connectivity index (χ3v) is 6.27. The molecule has 1 aliphatic heterocycles. The maximum atomic E-state index is 12.3. The summed E-state index contributed by atoms with van der Waals surface area (Å²) in [7, 11) is 0. The lowest BCUT2D eigenvalue weighted by Crippen LogP contribution is -2.33. The fourth-order valence-corrected chi connectivity index (χ4v) is 4.79. The fourth-order valence-electron chi connectivity index (χ4n) is 3.81. The van der Waals surface area contributed by atoms with E-state index in [-0.39, 0.29) is 24.5 Å². The molecule has 6 nitrogen and oxygen atoms in total. The van der Waals surface area contributed by atoms with E-state index in [1.165, 1.54) is 11.3 Å². The van der Waals surface area contributed by atoms with Crippen LogP contribution < -0.4 is 15.0 Å². The molecule has 3 aromatic rings. The summed E-state index contributed by atoms with van der Waals surface area (Å²) in [5, 5.41) is 3.93. The zero-order chi connectivity index (χ0) is 22.1. The molecule has 160 valence electrons. The van der Waals surface area contributed by atoms with E-state index in [0.29, 0.717) is 15.9 Å². The van der Waals surface area contributed by atoms with Crippen LogP contribution in [-0.2, 0) is 16.0 Å². The second-order valence-corrected chi connectivity index (χ2v) is 9.14. The van der Waals surface area contributed by atoms with E-state index >= 15 is 0 Å². The highest BCUT2D eigenvalue weighted by atomic mass is 35.5. The van der Waals surface area contributed by atoms with Crippen LogP contribution in [0.25, 0.3) is 11.3 Å². The van der Waals surface area contributed by atoms with Crippen LogP contribution in [0.1, 0.15) is 24.3 Å². The molecule has 0 unspecified atom stereocenters. The molecule has 1 N–H and O–H groups in total. The number of halogens is 1. The number of fused-ring (bicyclic) bond motifs is 1. The van der Waals surface area contributed by atoms with E-state index in [9.17, 15) is 9.59 Å². The first kappa shape index (κ1) is 21.3. The van der Waals surface area contributed by atoms with Crippen LogP contribution in [0.4, 0.5) is 10.8 Å². The summed E-state index contributed by atoms with van der Waals surface area (Å²) in [5.74, 6) is 0.340. The average molecular weight is 456 g/mol. The summed E-state index contributed by atoms with van der Waals surface area (Å²) >= 11 is 7.27. The number of anilines is 2. The molecule has 4 rings (SSSR count). The van der Waals surface area contributed by atoms with Gasteiger partial charge in [-0.2, -0.15) is 0 Å².